The zero-order valence-corrected chi connectivity index (χ0v) is 42.1. The van der Waals surface area contributed by atoms with E-state index in [4.69, 9.17) is 0 Å². The molecule has 0 saturated heterocycles. The second-order valence-electron chi connectivity index (χ2n) is 21.9. The van der Waals surface area contributed by atoms with Gasteiger partial charge in [0.05, 0.1) is 11.1 Å². The average Bonchev–Trinajstić information content (AvgIpc) is 4.09. The standard InChI is InChI=1S/C73H53N/c1-71(2)62-29-12-9-26-60(62)70-59(27-18-33-66(70)71)58-25-10-16-34-69(58)74(51-20-17-19-47(43-51)49-38-41-56-52-21-5-11-28-61(52)72(3,4)67(56)44-49)50-39-35-46(36-40-50)48-37-42-57-55-24-8-15-32-65(55)73(68(57)45-48)63-30-13-6-22-53(63)54-23-7-14-31-64(54)73/h5-45H,1-4H3. The van der Waals surface area contributed by atoms with Gasteiger partial charge in [-0.25, -0.2) is 0 Å². The molecule has 1 nitrogen and oxygen atoms in total. The Morgan fingerprint density at radius 2 is 0.649 bits per heavy atom. The van der Waals surface area contributed by atoms with Crippen molar-refractivity contribution in [1.29, 1.82) is 0 Å². The number of para-hydroxylation sites is 1. The molecule has 0 amide bonds. The molecule has 74 heavy (non-hydrogen) atoms. The second kappa shape index (κ2) is 15.6. The van der Waals surface area contributed by atoms with Gasteiger partial charge in [-0.1, -0.05) is 234 Å². The SMILES string of the molecule is CC1(C)c2ccccc2-c2ccc(-c3cccc(N(c4ccc(-c5ccc6c(c5)C5(c7ccccc7-c7ccccc75)c5ccccc5-6)cc4)c4ccccc4-c4cccc5c4-c4ccccc4C5(C)C)c3)cc21. The van der Waals surface area contributed by atoms with Crippen LogP contribution in [-0.4, -0.2) is 0 Å². The highest BCUT2D eigenvalue weighted by Gasteiger charge is 2.51. The van der Waals surface area contributed by atoms with Gasteiger partial charge in [-0.15, -0.1) is 0 Å². The van der Waals surface area contributed by atoms with Crippen LogP contribution in [0.5, 0.6) is 0 Å². The van der Waals surface area contributed by atoms with Crippen molar-refractivity contribution in [3.63, 3.8) is 0 Å². The zero-order chi connectivity index (χ0) is 49.5. The summed E-state index contributed by atoms with van der Waals surface area (Å²) in [6, 6.07) is 93.9. The number of rotatable bonds is 6. The fourth-order valence-electron chi connectivity index (χ4n) is 14.1. The van der Waals surface area contributed by atoms with Crippen molar-refractivity contribution < 1.29 is 0 Å². The Hall–Kier alpha value is -8.78. The summed E-state index contributed by atoms with van der Waals surface area (Å²) in [4.78, 5) is 2.49. The van der Waals surface area contributed by atoms with Crippen LogP contribution in [-0.2, 0) is 16.2 Å². The Morgan fingerprint density at radius 3 is 1.28 bits per heavy atom. The molecule has 1 heteroatoms. The quantitative estimate of drug-likeness (QED) is 0.161. The fourth-order valence-corrected chi connectivity index (χ4v) is 14.1. The van der Waals surface area contributed by atoms with Crippen molar-refractivity contribution in [2.75, 3.05) is 4.90 Å². The molecule has 0 radical (unpaired) electrons. The molecule has 0 bridgehead atoms. The number of anilines is 3. The van der Waals surface area contributed by atoms with Gasteiger partial charge in [-0.05, 0) is 159 Å². The van der Waals surface area contributed by atoms with Gasteiger partial charge >= 0.3 is 0 Å². The average molecular weight is 944 g/mol. The summed E-state index contributed by atoms with van der Waals surface area (Å²) in [6.45, 7) is 9.48. The molecule has 4 aliphatic carbocycles. The van der Waals surface area contributed by atoms with E-state index in [9.17, 15) is 0 Å². The summed E-state index contributed by atoms with van der Waals surface area (Å²) < 4.78 is 0. The molecule has 0 heterocycles. The van der Waals surface area contributed by atoms with Crippen molar-refractivity contribution in [3.8, 4) is 77.9 Å². The molecule has 0 aliphatic heterocycles. The summed E-state index contributed by atoms with van der Waals surface area (Å²) >= 11 is 0. The minimum absolute atomic E-state index is 0.0924. The van der Waals surface area contributed by atoms with Crippen LogP contribution in [0.1, 0.15) is 72.2 Å². The van der Waals surface area contributed by atoms with Gasteiger partial charge in [-0.2, -0.15) is 0 Å². The maximum absolute atomic E-state index is 2.49. The summed E-state index contributed by atoms with van der Waals surface area (Å²) in [5.74, 6) is 0. The maximum Gasteiger partial charge on any atom is 0.0725 e. The van der Waals surface area contributed by atoms with E-state index < -0.39 is 5.41 Å². The number of fused-ring (bicyclic) bond motifs is 16. The van der Waals surface area contributed by atoms with Gasteiger partial charge in [0, 0.05) is 27.8 Å². The normalized spacial score (nSPS) is 14.8. The van der Waals surface area contributed by atoms with Crippen LogP contribution in [0.25, 0.3) is 77.9 Å². The van der Waals surface area contributed by atoms with E-state index in [-0.39, 0.29) is 10.8 Å². The van der Waals surface area contributed by atoms with Gasteiger partial charge in [0.15, 0.2) is 0 Å². The minimum atomic E-state index is -0.396. The van der Waals surface area contributed by atoms with Crippen LogP contribution < -0.4 is 4.90 Å². The second-order valence-corrected chi connectivity index (χ2v) is 21.9. The van der Waals surface area contributed by atoms with Gasteiger partial charge < -0.3 is 4.90 Å². The Bertz CT molecular complexity index is 4080. The van der Waals surface area contributed by atoms with Gasteiger partial charge in [0.2, 0.25) is 0 Å². The molecule has 11 aromatic rings. The summed E-state index contributed by atoms with van der Waals surface area (Å²) in [5, 5.41) is 0. The lowest BCUT2D eigenvalue weighted by molar-refractivity contribution is 0.660. The van der Waals surface area contributed by atoms with Gasteiger partial charge in [-0.3, -0.25) is 0 Å². The monoisotopic (exact) mass is 943 g/mol. The largest absolute Gasteiger partial charge is 0.310 e. The first kappa shape index (κ1) is 42.9. The van der Waals surface area contributed by atoms with E-state index >= 15 is 0 Å². The van der Waals surface area contributed by atoms with Gasteiger partial charge in [0.1, 0.15) is 0 Å². The lowest BCUT2D eigenvalue weighted by Gasteiger charge is -2.31. The molecular weight excluding hydrogens is 891 g/mol. The van der Waals surface area contributed by atoms with Crippen LogP contribution in [0.4, 0.5) is 17.1 Å². The van der Waals surface area contributed by atoms with Crippen molar-refractivity contribution in [3.05, 3.63) is 293 Å². The van der Waals surface area contributed by atoms with Crippen LogP contribution in [0.15, 0.2) is 249 Å². The van der Waals surface area contributed by atoms with Crippen molar-refractivity contribution in [2.24, 2.45) is 0 Å². The molecule has 0 N–H and O–H groups in total. The molecule has 0 atom stereocenters. The van der Waals surface area contributed by atoms with E-state index in [1.165, 1.54) is 122 Å². The van der Waals surface area contributed by atoms with Crippen molar-refractivity contribution >= 4 is 17.1 Å². The molecule has 0 saturated carbocycles. The highest BCUT2D eigenvalue weighted by Crippen LogP contribution is 2.63. The first-order valence-electron chi connectivity index (χ1n) is 26.2. The van der Waals surface area contributed by atoms with E-state index in [1.54, 1.807) is 0 Å². The Morgan fingerprint density at radius 1 is 0.243 bits per heavy atom. The topological polar surface area (TPSA) is 3.24 Å². The molecule has 1 spiro atoms. The number of hydrogen-bond acceptors (Lipinski definition) is 1. The molecule has 0 aromatic heterocycles. The summed E-state index contributed by atoms with van der Waals surface area (Å²) in [6.07, 6.45) is 0. The van der Waals surface area contributed by atoms with Crippen LogP contribution in [0, 0.1) is 0 Å². The maximum atomic E-state index is 2.49. The van der Waals surface area contributed by atoms with Crippen molar-refractivity contribution in [2.45, 2.75) is 43.9 Å². The molecule has 11 aromatic carbocycles. The van der Waals surface area contributed by atoms with Crippen LogP contribution >= 0.6 is 0 Å². The molecule has 15 rings (SSSR count). The molecular formula is C73H53N. The zero-order valence-electron chi connectivity index (χ0n) is 42.1. The Balaban J connectivity index is 0.890. The van der Waals surface area contributed by atoms with E-state index in [0.717, 1.165) is 17.1 Å². The molecule has 350 valence electrons. The van der Waals surface area contributed by atoms with Gasteiger partial charge in [0.25, 0.3) is 0 Å². The Kier molecular flexibility index (Phi) is 9.04. The van der Waals surface area contributed by atoms with E-state index in [0.29, 0.717) is 0 Å². The third kappa shape index (κ3) is 5.81. The first-order chi connectivity index (χ1) is 36.2. The molecule has 0 fully saturated rings. The summed E-state index contributed by atoms with van der Waals surface area (Å²) in [7, 11) is 0. The minimum Gasteiger partial charge on any atom is -0.310 e. The third-order valence-corrected chi connectivity index (χ3v) is 17.5. The van der Waals surface area contributed by atoms with E-state index in [2.05, 4.69) is 281 Å². The van der Waals surface area contributed by atoms with Crippen LogP contribution in [0.3, 0.4) is 0 Å². The summed E-state index contributed by atoms with van der Waals surface area (Å²) in [5.41, 5.74) is 31.5. The number of benzene rings is 11. The highest BCUT2D eigenvalue weighted by molar-refractivity contribution is 6.00. The first-order valence-corrected chi connectivity index (χ1v) is 26.2. The fraction of sp³-hybridized carbons (Fsp3) is 0.0959. The third-order valence-electron chi connectivity index (χ3n) is 17.5. The smallest absolute Gasteiger partial charge is 0.0725 e. The molecule has 4 aliphatic rings. The number of hydrogen-bond donors (Lipinski definition) is 0. The Labute approximate surface area is 434 Å². The lowest BCUT2D eigenvalue weighted by atomic mass is 9.70. The van der Waals surface area contributed by atoms with Crippen molar-refractivity contribution in [1.82, 2.24) is 0 Å². The van der Waals surface area contributed by atoms with Crippen LogP contribution in [0.2, 0.25) is 0 Å². The van der Waals surface area contributed by atoms with E-state index in [1.807, 2.05) is 0 Å². The molecule has 0 unspecified atom stereocenters. The predicted molar refractivity (Wildman–Crippen MR) is 309 cm³/mol. The predicted octanol–water partition coefficient (Wildman–Crippen LogP) is 19.1. The number of nitrogens with zero attached hydrogens (tertiary/aromatic N) is 1. The lowest BCUT2D eigenvalue weighted by Crippen LogP contribution is -2.25. The highest BCUT2D eigenvalue weighted by atomic mass is 15.1.